The number of nitrogens with one attached hydrogen (secondary N) is 1. The van der Waals surface area contributed by atoms with Gasteiger partial charge in [0.15, 0.2) is 11.5 Å². The maximum absolute atomic E-state index is 11.9. The maximum atomic E-state index is 11.9. The normalized spacial score (nSPS) is 14.8. The number of aliphatic hydroxyl groups excluding tert-OH is 1. The number of hydrogen-bond donors (Lipinski definition) is 2. The first-order chi connectivity index (χ1) is 25.6. The van der Waals surface area contributed by atoms with Crippen molar-refractivity contribution in [3.05, 3.63) is 94.9 Å². The Balaban J connectivity index is 1.36. The highest BCUT2D eigenvalue weighted by molar-refractivity contribution is 5.66. The molecular formula is C41H55N9O3. The summed E-state index contributed by atoms with van der Waals surface area (Å²) < 4.78 is 12.6. The van der Waals surface area contributed by atoms with Crippen LogP contribution in [-0.4, -0.2) is 88.6 Å². The second-order valence-electron chi connectivity index (χ2n) is 14.6. The fourth-order valence-electron chi connectivity index (χ4n) is 7.26. The Kier molecular flexibility index (Phi) is 12.3. The number of fused-ring (bicyclic) bond motifs is 1. The third-order valence-electron chi connectivity index (χ3n) is 10.0. The molecule has 12 heteroatoms. The molecule has 0 radical (unpaired) electrons. The molecule has 2 atom stereocenters. The van der Waals surface area contributed by atoms with Gasteiger partial charge in [-0.05, 0) is 100 Å². The van der Waals surface area contributed by atoms with E-state index in [1.165, 1.54) is 0 Å². The zero-order valence-electron chi connectivity index (χ0n) is 32.3. The average Bonchev–Trinajstić information content (AvgIpc) is 3.58. The zero-order valence-corrected chi connectivity index (χ0v) is 32.3. The van der Waals surface area contributed by atoms with Gasteiger partial charge in [0.25, 0.3) is 0 Å². The summed E-state index contributed by atoms with van der Waals surface area (Å²) in [6, 6.07) is 18.3. The summed E-state index contributed by atoms with van der Waals surface area (Å²) in [6.45, 7) is 10.6. The lowest BCUT2D eigenvalue weighted by molar-refractivity contribution is 0.212. The van der Waals surface area contributed by atoms with E-state index in [1.54, 1.807) is 31.1 Å². The van der Waals surface area contributed by atoms with Gasteiger partial charge in [0.05, 0.1) is 26.1 Å². The van der Waals surface area contributed by atoms with Crippen LogP contribution in [0.2, 0.25) is 0 Å². The number of benzene rings is 2. The molecule has 1 aliphatic rings. The Labute approximate surface area is 313 Å². The van der Waals surface area contributed by atoms with Gasteiger partial charge >= 0.3 is 0 Å². The van der Waals surface area contributed by atoms with E-state index in [4.69, 9.17) is 29.5 Å². The molecule has 5 aromatic rings. The molecular weight excluding hydrogens is 667 g/mol. The van der Waals surface area contributed by atoms with Gasteiger partial charge in [0.2, 0.25) is 5.95 Å². The highest BCUT2D eigenvalue weighted by atomic mass is 16.5. The van der Waals surface area contributed by atoms with E-state index in [9.17, 15) is 5.11 Å². The molecule has 2 unspecified atom stereocenters. The summed E-state index contributed by atoms with van der Waals surface area (Å²) in [5.74, 6) is 4.40. The molecule has 1 saturated heterocycles. The molecule has 2 aromatic carbocycles. The van der Waals surface area contributed by atoms with Crippen molar-refractivity contribution in [1.82, 2.24) is 29.5 Å². The molecule has 6 rings (SSSR count). The summed E-state index contributed by atoms with van der Waals surface area (Å²) in [7, 11) is 7.62. The molecule has 53 heavy (non-hydrogen) atoms. The van der Waals surface area contributed by atoms with Crippen molar-refractivity contribution in [2.45, 2.75) is 71.7 Å². The molecule has 0 amide bonds. The highest BCUT2D eigenvalue weighted by Gasteiger charge is 2.26. The molecule has 4 heterocycles. The molecule has 12 nitrogen and oxygen atoms in total. The van der Waals surface area contributed by atoms with Crippen molar-refractivity contribution >= 4 is 23.2 Å². The van der Waals surface area contributed by atoms with Crippen LogP contribution in [0.3, 0.4) is 0 Å². The number of piperidine rings is 1. The fourth-order valence-corrected chi connectivity index (χ4v) is 7.26. The summed E-state index contributed by atoms with van der Waals surface area (Å²) in [5, 5.41) is 20.4. The van der Waals surface area contributed by atoms with E-state index in [0.717, 1.165) is 79.3 Å². The molecule has 282 valence electrons. The molecule has 1 aliphatic heterocycles. The van der Waals surface area contributed by atoms with Crippen molar-refractivity contribution in [3.8, 4) is 11.5 Å². The van der Waals surface area contributed by atoms with E-state index >= 15 is 0 Å². The van der Waals surface area contributed by atoms with Crippen molar-refractivity contribution < 1.29 is 14.6 Å². The number of aromatic nitrogens is 5. The van der Waals surface area contributed by atoms with Crippen LogP contribution in [0.25, 0.3) is 5.65 Å². The largest absolute Gasteiger partial charge is 0.497 e. The first-order valence-corrected chi connectivity index (χ1v) is 18.7. The number of hydrogen-bond acceptors (Lipinski definition) is 11. The van der Waals surface area contributed by atoms with E-state index in [-0.39, 0.29) is 6.04 Å². The van der Waals surface area contributed by atoms with Crippen molar-refractivity contribution in [2.75, 3.05) is 63.1 Å². The van der Waals surface area contributed by atoms with Crippen LogP contribution in [-0.2, 0) is 13.1 Å². The first-order valence-electron chi connectivity index (χ1n) is 18.7. The number of pyridine rings is 1. The van der Waals surface area contributed by atoms with Crippen LogP contribution in [0.4, 0.5) is 17.6 Å². The Morgan fingerprint density at radius 1 is 0.925 bits per heavy atom. The quantitative estimate of drug-likeness (QED) is 0.116. The maximum Gasteiger partial charge on any atom is 0.243 e. The number of nitrogens with zero attached hydrogens (tertiary/aromatic N) is 8. The lowest BCUT2D eigenvalue weighted by atomic mass is 9.96. The fraction of sp³-hybridized carbons (Fsp3) is 0.463. The zero-order chi connectivity index (χ0) is 37.5. The number of imidazole rings is 1. The molecule has 0 bridgehead atoms. The van der Waals surface area contributed by atoms with Gasteiger partial charge < -0.3 is 34.6 Å². The Morgan fingerprint density at radius 3 is 2.09 bits per heavy atom. The van der Waals surface area contributed by atoms with Gasteiger partial charge in [0, 0.05) is 50.5 Å². The number of anilines is 3. The minimum Gasteiger partial charge on any atom is -0.497 e. The smallest absolute Gasteiger partial charge is 0.243 e. The van der Waals surface area contributed by atoms with E-state index in [0.29, 0.717) is 47.7 Å². The summed E-state index contributed by atoms with van der Waals surface area (Å²) >= 11 is 0. The molecule has 3 aromatic heterocycles. The van der Waals surface area contributed by atoms with Gasteiger partial charge in [-0.25, -0.2) is 14.5 Å². The Hall–Kier alpha value is -4.94. The SMILES string of the molecule is CCCC(C)Nc1nc(N(Cc2ccc(OC)cc2)Cc2ccc(OC)cc2)c2ncc(C(O)c3cnc(N4CCC(CN(C)C)CC4)c(C)c3)n2n1. The second-order valence-corrected chi connectivity index (χ2v) is 14.6. The van der Waals surface area contributed by atoms with E-state index in [2.05, 4.69) is 79.1 Å². The van der Waals surface area contributed by atoms with Gasteiger partial charge in [0.1, 0.15) is 23.4 Å². The highest BCUT2D eigenvalue weighted by Crippen LogP contribution is 2.32. The van der Waals surface area contributed by atoms with Crippen LogP contribution in [0.1, 0.15) is 73.6 Å². The predicted octanol–water partition coefficient (Wildman–Crippen LogP) is 6.51. The van der Waals surface area contributed by atoms with Gasteiger partial charge in [-0.2, -0.15) is 4.98 Å². The molecule has 0 saturated carbocycles. The number of aliphatic hydroxyl groups is 1. The number of methoxy groups -OCH3 is 2. The number of rotatable bonds is 16. The van der Waals surface area contributed by atoms with E-state index in [1.807, 2.05) is 30.3 Å². The lowest BCUT2D eigenvalue weighted by Gasteiger charge is -2.34. The van der Waals surface area contributed by atoms with Crippen LogP contribution in [0.5, 0.6) is 11.5 Å². The molecule has 0 spiro atoms. The van der Waals surface area contributed by atoms with Crippen molar-refractivity contribution in [1.29, 1.82) is 0 Å². The minimum atomic E-state index is -1.00. The summed E-state index contributed by atoms with van der Waals surface area (Å²) in [6.07, 6.45) is 6.77. The van der Waals surface area contributed by atoms with Crippen LogP contribution in [0.15, 0.2) is 67.0 Å². The Morgan fingerprint density at radius 2 is 1.55 bits per heavy atom. The molecule has 0 aliphatic carbocycles. The third kappa shape index (κ3) is 9.17. The number of aryl methyl sites for hydroxylation is 1. The second kappa shape index (κ2) is 17.3. The summed E-state index contributed by atoms with van der Waals surface area (Å²) in [4.78, 5) is 21.7. The van der Waals surface area contributed by atoms with Crippen LogP contribution >= 0.6 is 0 Å². The minimum absolute atomic E-state index is 0.145. The van der Waals surface area contributed by atoms with Crippen molar-refractivity contribution in [3.63, 3.8) is 0 Å². The number of ether oxygens (including phenoxy) is 2. The first kappa shape index (κ1) is 37.8. The molecule has 1 fully saturated rings. The Bertz CT molecular complexity index is 1870. The standard InChI is InChI=1S/C41H55N9O3/c1-8-9-29(3)44-41-45-40(49(26-30-10-14-34(52-6)15-11-30)27-31-12-16-35(53-7)17-13-31)39-43-24-36(50(39)46-41)37(51)33-22-28(2)38(42-23-33)48-20-18-32(19-21-48)25-47(4)5/h10-17,22-24,29,32,37,51H,8-9,18-21,25-27H2,1-7H3,(H,44,46). The lowest BCUT2D eigenvalue weighted by Crippen LogP contribution is -2.37. The topological polar surface area (TPSA) is 116 Å². The van der Waals surface area contributed by atoms with Gasteiger partial charge in [-0.1, -0.05) is 37.6 Å². The van der Waals surface area contributed by atoms with Crippen LogP contribution < -0.4 is 24.6 Å². The van der Waals surface area contributed by atoms with Gasteiger partial charge in [-0.15, -0.1) is 5.10 Å². The van der Waals surface area contributed by atoms with Crippen molar-refractivity contribution in [2.24, 2.45) is 5.92 Å². The monoisotopic (exact) mass is 721 g/mol. The molecule has 2 N–H and O–H groups in total. The third-order valence-corrected chi connectivity index (χ3v) is 10.0. The average molecular weight is 722 g/mol. The van der Waals surface area contributed by atoms with Gasteiger partial charge in [-0.3, -0.25) is 0 Å². The van der Waals surface area contributed by atoms with E-state index < -0.39 is 6.10 Å². The summed E-state index contributed by atoms with van der Waals surface area (Å²) in [5.41, 5.74) is 5.00. The predicted molar refractivity (Wildman–Crippen MR) is 211 cm³/mol. The van der Waals surface area contributed by atoms with Crippen LogP contribution in [0, 0.1) is 12.8 Å².